The Bertz CT molecular complexity index is 853. The number of aromatic nitrogens is 2. The summed E-state index contributed by atoms with van der Waals surface area (Å²) in [5.74, 6) is 0.587. The first-order chi connectivity index (χ1) is 12.2. The number of aryl methyl sites for hydroxylation is 1. The molecule has 0 saturated carbocycles. The van der Waals surface area contributed by atoms with E-state index in [0.29, 0.717) is 24.4 Å². The summed E-state index contributed by atoms with van der Waals surface area (Å²) in [7, 11) is 0. The van der Waals surface area contributed by atoms with E-state index in [4.69, 9.17) is 4.74 Å². The van der Waals surface area contributed by atoms with Crippen LogP contribution in [0, 0.1) is 6.92 Å². The lowest BCUT2D eigenvalue weighted by atomic mass is 10.1. The number of carbonyl (C=O) groups is 1. The summed E-state index contributed by atoms with van der Waals surface area (Å²) in [5, 5.41) is 7.19. The van der Waals surface area contributed by atoms with Crippen LogP contribution < -0.4 is 10.1 Å². The summed E-state index contributed by atoms with van der Waals surface area (Å²) in [6.07, 6.45) is 3.49. The van der Waals surface area contributed by atoms with Gasteiger partial charge < -0.3 is 10.1 Å². The zero-order valence-corrected chi connectivity index (χ0v) is 14.4. The van der Waals surface area contributed by atoms with Gasteiger partial charge in [0, 0.05) is 11.8 Å². The standard InChI is InChI=1S/C20H21N3O2/c1-3-25-19-10-8-16(9-11-19)20(24)22-18-12-21-23(14-18)13-17-7-5-4-6-15(17)2/h4-12,14H,3,13H2,1-2H3,(H,22,24). The molecule has 0 radical (unpaired) electrons. The fraction of sp³-hybridized carbons (Fsp3) is 0.200. The fourth-order valence-electron chi connectivity index (χ4n) is 2.55. The van der Waals surface area contributed by atoms with Gasteiger partial charge in [-0.3, -0.25) is 9.48 Å². The van der Waals surface area contributed by atoms with E-state index >= 15 is 0 Å². The number of amides is 1. The number of benzene rings is 2. The lowest BCUT2D eigenvalue weighted by molar-refractivity contribution is 0.102. The molecular formula is C20H21N3O2. The van der Waals surface area contributed by atoms with Crippen LogP contribution in [-0.2, 0) is 6.54 Å². The molecule has 0 saturated heterocycles. The maximum absolute atomic E-state index is 12.3. The lowest BCUT2D eigenvalue weighted by Gasteiger charge is -2.06. The Kier molecular flexibility index (Phi) is 5.14. The fourth-order valence-corrected chi connectivity index (χ4v) is 2.55. The molecule has 0 fully saturated rings. The molecule has 2 aromatic carbocycles. The minimum Gasteiger partial charge on any atom is -0.494 e. The molecule has 1 aromatic heterocycles. The van der Waals surface area contributed by atoms with Crippen LogP contribution in [0.25, 0.3) is 0 Å². The van der Waals surface area contributed by atoms with Crippen molar-refractivity contribution >= 4 is 11.6 Å². The first-order valence-corrected chi connectivity index (χ1v) is 8.27. The van der Waals surface area contributed by atoms with Crippen LogP contribution in [0.1, 0.15) is 28.4 Å². The number of nitrogens with zero attached hydrogens (tertiary/aromatic N) is 2. The first-order valence-electron chi connectivity index (χ1n) is 8.27. The third-order valence-electron chi connectivity index (χ3n) is 3.91. The summed E-state index contributed by atoms with van der Waals surface area (Å²) < 4.78 is 7.20. The first kappa shape index (κ1) is 16.8. The average molecular weight is 335 g/mol. The largest absolute Gasteiger partial charge is 0.494 e. The second-order valence-corrected chi connectivity index (χ2v) is 5.76. The molecule has 5 nitrogen and oxygen atoms in total. The van der Waals surface area contributed by atoms with Crippen LogP contribution >= 0.6 is 0 Å². The zero-order chi connectivity index (χ0) is 17.6. The molecule has 0 aliphatic carbocycles. The maximum Gasteiger partial charge on any atom is 0.255 e. The predicted molar refractivity (Wildman–Crippen MR) is 98.1 cm³/mol. The van der Waals surface area contributed by atoms with Crippen molar-refractivity contribution in [2.75, 3.05) is 11.9 Å². The Hall–Kier alpha value is -3.08. The van der Waals surface area contributed by atoms with Gasteiger partial charge >= 0.3 is 0 Å². The summed E-state index contributed by atoms with van der Waals surface area (Å²) in [4.78, 5) is 12.3. The molecule has 5 heteroatoms. The highest BCUT2D eigenvalue weighted by atomic mass is 16.5. The zero-order valence-electron chi connectivity index (χ0n) is 14.4. The Labute approximate surface area is 147 Å². The Morgan fingerprint density at radius 2 is 1.92 bits per heavy atom. The molecule has 0 atom stereocenters. The van der Waals surface area contributed by atoms with Gasteiger partial charge in [-0.2, -0.15) is 5.10 Å². The molecule has 0 aliphatic heterocycles. The van der Waals surface area contributed by atoms with Crippen LogP contribution in [-0.4, -0.2) is 22.3 Å². The number of hydrogen-bond acceptors (Lipinski definition) is 3. The molecule has 0 aliphatic rings. The monoisotopic (exact) mass is 335 g/mol. The molecule has 3 rings (SSSR count). The van der Waals surface area contributed by atoms with Crippen molar-refractivity contribution in [2.24, 2.45) is 0 Å². The molecule has 0 spiro atoms. The normalized spacial score (nSPS) is 10.5. The van der Waals surface area contributed by atoms with Crippen LogP contribution in [0.3, 0.4) is 0 Å². The molecular weight excluding hydrogens is 314 g/mol. The molecule has 1 amide bonds. The van der Waals surface area contributed by atoms with Crippen LogP contribution in [0.15, 0.2) is 60.9 Å². The van der Waals surface area contributed by atoms with Crippen molar-refractivity contribution in [1.29, 1.82) is 0 Å². The summed E-state index contributed by atoms with van der Waals surface area (Å²) in [5.41, 5.74) is 3.68. The minimum absolute atomic E-state index is 0.168. The summed E-state index contributed by atoms with van der Waals surface area (Å²) in [6.45, 7) is 5.28. The second kappa shape index (κ2) is 7.66. The maximum atomic E-state index is 12.3. The van der Waals surface area contributed by atoms with E-state index < -0.39 is 0 Å². The highest BCUT2D eigenvalue weighted by Crippen LogP contribution is 2.15. The van der Waals surface area contributed by atoms with Gasteiger partial charge in [0.1, 0.15) is 5.75 Å². The molecule has 128 valence electrons. The molecule has 0 unspecified atom stereocenters. The molecule has 3 aromatic rings. The highest BCUT2D eigenvalue weighted by Gasteiger charge is 2.08. The van der Waals surface area contributed by atoms with Gasteiger partial charge in [-0.15, -0.1) is 0 Å². The van der Waals surface area contributed by atoms with Crippen molar-refractivity contribution in [1.82, 2.24) is 9.78 Å². The van der Waals surface area contributed by atoms with Gasteiger partial charge in [-0.25, -0.2) is 0 Å². The number of anilines is 1. The quantitative estimate of drug-likeness (QED) is 0.743. The minimum atomic E-state index is -0.168. The lowest BCUT2D eigenvalue weighted by Crippen LogP contribution is -2.11. The van der Waals surface area contributed by atoms with Gasteiger partial charge in [0.05, 0.1) is 25.0 Å². The Balaban J connectivity index is 1.64. The average Bonchev–Trinajstić information content (AvgIpc) is 3.05. The van der Waals surface area contributed by atoms with E-state index in [-0.39, 0.29) is 5.91 Å². The molecule has 1 heterocycles. The Morgan fingerprint density at radius 1 is 1.16 bits per heavy atom. The van der Waals surface area contributed by atoms with Gasteiger partial charge in [-0.1, -0.05) is 24.3 Å². The third-order valence-corrected chi connectivity index (χ3v) is 3.91. The molecule has 1 N–H and O–H groups in total. The third kappa shape index (κ3) is 4.26. The van der Waals surface area contributed by atoms with E-state index in [0.717, 1.165) is 5.75 Å². The summed E-state index contributed by atoms with van der Waals surface area (Å²) >= 11 is 0. The van der Waals surface area contributed by atoms with Crippen molar-refractivity contribution < 1.29 is 9.53 Å². The predicted octanol–water partition coefficient (Wildman–Crippen LogP) is 3.89. The van der Waals surface area contributed by atoms with E-state index in [2.05, 4.69) is 29.5 Å². The van der Waals surface area contributed by atoms with Crippen LogP contribution in [0.5, 0.6) is 5.75 Å². The van der Waals surface area contributed by atoms with Crippen LogP contribution in [0.2, 0.25) is 0 Å². The SMILES string of the molecule is CCOc1ccc(C(=O)Nc2cnn(Cc3ccccc3C)c2)cc1. The van der Waals surface area contributed by atoms with E-state index in [1.165, 1.54) is 11.1 Å². The van der Waals surface area contributed by atoms with Gasteiger partial charge in [0.15, 0.2) is 0 Å². The number of carbonyl (C=O) groups excluding carboxylic acids is 1. The number of rotatable bonds is 6. The number of nitrogens with one attached hydrogen (secondary N) is 1. The van der Waals surface area contributed by atoms with Gasteiger partial charge in [0.25, 0.3) is 5.91 Å². The van der Waals surface area contributed by atoms with Crippen molar-refractivity contribution in [3.63, 3.8) is 0 Å². The smallest absolute Gasteiger partial charge is 0.255 e. The van der Waals surface area contributed by atoms with Crippen molar-refractivity contribution in [2.45, 2.75) is 20.4 Å². The van der Waals surface area contributed by atoms with Crippen molar-refractivity contribution in [3.8, 4) is 5.75 Å². The van der Waals surface area contributed by atoms with Crippen molar-refractivity contribution in [3.05, 3.63) is 77.6 Å². The summed E-state index contributed by atoms with van der Waals surface area (Å²) in [6, 6.07) is 15.3. The Morgan fingerprint density at radius 3 is 2.64 bits per heavy atom. The van der Waals surface area contributed by atoms with E-state index in [1.54, 1.807) is 30.5 Å². The van der Waals surface area contributed by atoms with Gasteiger partial charge in [0.2, 0.25) is 0 Å². The molecule has 0 bridgehead atoms. The number of hydrogen-bond donors (Lipinski definition) is 1. The van der Waals surface area contributed by atoms with E-state index in [9.17, 15) is 4.79 Å². The number of ether oxygens (including phenoxy) is 1. The van der Waals surface area contributed by atoms with Crippen LogP contribution in [0.4, 0.5) is 5.69 Å². The topological polar surface area (TPSA) is 56.1 Å². The van der Waals surface area contributed by atoms with Gasteiger partial charge in [-0.05, 0) is 49.2 Å². The second-order valence-electron chi connectivity index (χ2n) is 5.76. The highest BCUT2D eigenvalue weighted by molar-refractivity contribution is 6.04. The molecule has 25 heavy (non-hydrogen) atoms. The van der Waals surface area contributed by atoms with E-state index in [1.807, 2.05) is 29.9 Å².